The highest BCUT2D eigenvalue weighted by atomic mass is 19.1. The first-order valence-corrected chi connectivity index (χ1v) is 6.12. The van der Waals surface area contributed by atoms with E-state index in [1.807, 2.05) is 13.0 Å². The number of fused-ring (bicyclic) bond motifs is 1. The maximum absolute atomic E-state index is 13.8. The van der Waals surface area contributed by atoms with Crippen LogP contribution in [0.5, 0.6) is 23.0 Å². The normalized spacial score (nSPS) is 12.5. The van der Waals surface area contributed by atoms with Crippen LogP contribution in [0.15, 0.2) is 36.4 Å². The van der Waals surface area contributed by atoms with Gasteiger partial charge in [0.2, 0.25) is 6.79 Å². The van der Waals surface area contributed by atoms with E-state index in [1.165, 1.54) is 6.07 Å². The molecule has 2 aromatic rings. The number of rotatable bonds is 3. The van der Waals surface area contributed by atoms with E-state index in [4.69, 9.17) is 14.2 Å². The first-order valence-electron chi connectivity index (χ1n) is 6.12. The highest BCUT2D eigenvalue weighted by Crippen LogP contribution is 2.37. The van der Waals surface area contributed by atoms with Crippen molar-refractivity contribution in [3.8, 4) is 23.0 Å². The third-order valence-electron chi connectivity index (χ3n) is 2.98. The highest BCUT2D eigenvalue weighted by molar-refractivity contribution is 5.48. The molecule has 1 aliphatic rings. The van der Waals surface area contributed by atoms with E-state index in [0.717, 1.165) is 12.0 Å². The van der Waals surface area contributed by atoms with Crippen LogP contribution in [0.25, 0.3) is 0 Å². The Kier molecular flexibility index (Phi) is 2.99. The van der Waals surface area contributed by atoms with Gasteiger partial charge in [0, 0.05) is 6.07 Å². The number of aryl methyl sites for hydroxylation is 1. The van der Waals surface area contributed by atoms with E-state index < -0.39 is 0 Å². The number of hydrogen-bond donors (Lipinski definition) is 0. The monoisotopic (exact) mass is 260 g/mol. The minimum Gasteiger partial charge on any atom is -0.454 e. The van der Waals surface area contributed by atoms with Crippen molar-refractivity contribution in [2.75, 3.05) is 6.79 Å². The van der Waals surface area contributed by atoms with E-state index in [-0.39, 0.29) is 18.4 Å². The van der Waals surface area contributed by atoms with Crippen LogP contribution < -0.4 is 14.2 Å². The number of halogens is 1. The summed E-state index contributed by atoms with van der Waals surface area (Å²) in [7, 11) is 0. The van der Waals surface area contributed by atoms with Gasteiger partial charge in [0.1, 0.15) is 5.75 Å². The second-order valence-corrected chi connectivity index (χ2v) is 4.24. The minimum absolute atomic E-state index is 0.205. The van der Waals surface area contributed by atoms with Gasteiger partial charge in [-0.1, -0.05) is 13.0 Å². The summed E-state index contributed by atoms with van der Waals surface area (Å²) in [5, 5.41) is 0. The molecule has 2 aromatic carbocycles. The lowest BCUT2D eigenvalue weighted by Gasteiger charge is -2.08. The Balaban J connectivity index is 1.85. The van der Waals surface area contributed by atoms with E-state index in [9.17, 15) is 4.39 Å². The summed E-state index contributed by atoms with van der Waals surface area (Å²) in [6.07, 6.45) is 0.793. The molecule has 3 rings (SSSR count). The van der Waals surface area contributed by atoms with Gasteiger partial charge in [0.25, 0.3) is 0 Å². The highest BCUT2D eigenvalue weighted by Gasteiger charge is 2.14. The molecule has 0 bridgehead atoms. The molecule has 1 heterocycles. The van der Waals surface area contributed by atoms with Crippen LogP contribution in [0, 0.1) is 5.82 Å². The van der Waals surface area contributed by atoms with Crippen LogP contribution in [0.1, 0.15) is 12.5 Å². The molecule has 0 amide bonds. The van der Waals surface area contributed by atoms with Crippen molar-refractivity contribution >= 4 is 0 Å². The first-order chi connectivity index (χ1) is 9.26. The van der Waals surface area contributed by atoms with E-state index in [2.05, 4.69) is 0 Å². The number of hydrogen-bond acceptors (Lipinski definition) is 3. The van der Waals surface area contributed by atoms with E-state index in [0.29, 0.717) is 17.2 Å². The van der Waals surface area contributed by atoms with E-state index >= 15 is 0 Å². The van der Waals surface area contributed by atoms with Gasteiger partial charge < -0.3 is 14.2 Å². The molecule has 0 atom stereocenters. The lowest BCUT2D eigenvalue weighted by Crippen LogP contribution is -1.93. The summed E-state index contributed by atoms with van der Waals surface area (Å²) in [5.41, 5.74) is 0.940. The number of ether oxygens (including phenoxy) is 3. The van der Waals surface area contributed by atoms with Crippen molar-refractivity contribution in [3.63, 3.8) is 0 Å². The van der Waals surface area contributed by atoms with Gasteiger partial charge >= 0.3 is 0 Å². The molecule has 98 valence electrons. The predicted octanol–water partition coefficient (Wildman–Crippen LogP) is 3.91. The molecule has 0 fully saturated rings. The fourth-order valence-electron chi connectivity index (χ4n) is 1.91. The zero-order valence-corrected chi connectivity index (χ0v) is 10.5. The maximum atomic E-state index is 13.8. The van der Waals surface area contributed by atoms with Crippen molar-refractivity contribution in [2.24, 2.45) is 0 Å². The van der Waals surface area contributed by atoms with Gasteiger partial charge in [-0.25, -0.2) is 4.39 Å². The molecule has 19 heavy (non-hydrogen) atoms. The number of benzene rings is 2. The smallest absolute Gasteiger partial charge is 0.231 e. The molecule has 0 N–H and O–H groups in total. The summed E-state index contributed by atoms with van der Waals surface area (Å²) >= 11 is 0. The van der Waals surface area contributed by atoms with Crippen LogP contribution in [0.3, 0.4) is 0 Å². The second-order valence-electron chi connectivity index (χ2n) is 4.24. The van der Waals surface area contributed by atoms with Gasteiger partial charge in [-0.2, -0.15) is 0 Å². The molecule has 0 radical (unpaired) electrons. The van der Waals surface area contributed by atoms with Crippen molar-refractivity contribution in [2.45, 2.75) is 13.3 Å². The Morgan fingerprint density at radius 1 is 1.11 bits per heavy atom. The fourth-order valence-corrected chi connectivity index (χ4v) is 1.91. The van der Waals surface area contributed by atoms with Crippen molar-refractivity contribution in [1.29, 1.82) is 0 Å². The van der Waals surface area contributed by atoms with Crippen LogP contribution in [0.4, 0.5) is 4.39 Å². The summed E-state index contributed by atoms with van der Waals surface area (Å²) in [6, 6.07) is 10.1. The van der Waals surface area contributed by atoms with Crippen LogP contribution >= 0.6 is 0 Å². The van der Waals surface area contributed by atoms with E-state index in [1.54, 1.807) is 24.3 Å². The third kappa shape index (κ3) is 2.34. The fraction of sp³-hybridized carbons (Fsp3) is 0.200. The quantitative estimate of drug-likeness (QED) is 0.837. The first kappa shape index (κ1) is 11.8. The standard InChI is InChI=1S/C15H13FO3/c1-2-10-3-5-13(12(16)7-10)19-11-4-6-14-15(8-11)18-9-17-14/h3-8H,2,9H2,1H3. The molecule has 1 aliphatic heterocycles. The molecule has 0 aromatic heterocycles. The van der Waals surface area contributed by atoms with Gasteiger partial charge in [0.05, 0.1) is 0 Å². The zero-order valence-electron chi connectivity index (χ0n) is 10.5. The Morgan fingerprint density at radius 3 is 2.74 bits per heavy atom. The SMILES string of the molecule is CCc1ccc(Oc2ccc3c(c2)OCO3)c(F)c1. The van der Waals surface area contributed by atoms with Gasteiger partial charge in [-0.3, -0.25) is 0 Å². The average molecular weight is 260 g/mol. The molecule has 4 heteroatoms. The Bertz CT molecular complexity index is 610. The molecule has 3 nitrogen and oxygen atoms in total. The summed E-state index contributed by atoms with van der Waals surface area (Å²) < 4.78 is 29.8. The molecule has 0 spiro atoms. The molecular weight excluding hydrogens is 247 g/mol. The molecule has 0 unspecified atom stereocenters. The second kappa shape index (κ2) is 4.80. The predicted molar refractivity (Wildman–Crippen MR) is 68.4 cm³/mol. The Labute approximate surface area is 110 Å². The topological polar surface area (TPSA) is 27.7 Å². The summed E-state index contributed by atoms with van der Waals surface area (Å²) in [4.78, 5) is 0. The molecule has 0 saturated heterocycles. The lowest BCUT2D eigenvalue weighted by atomic mass is 10.1. The largest absolute Gasteiger partial charge is 0.454 e. The van der Waals surface area contributed by atoms with Crippen LogP contribution in [-0.2, 0) is 6.42 Å². The van der Waals surface area contributed by atoms with Crippen molar-refractivity contribution in [1.82, 2.24) is 0 Å². The molecular formula is C15H13FO3. The van der Waals surface area contributed by atoms with Crippen LogP contribution in [0.2, 0.25) is 0 Å². The zero-order chi connectivity index (χ0) is 13.2. The molecule has 0 saturated carbocycles. The van der Waals surface area contributed by atoms with Crippen molar-refractivity contribution < 1.29 is 18.6 Å². The van der Waals surface area contributed by atoms with Crippen molar-refractivity contribution in [3.05, 3.63) is 47.8 Å². The average Bonchev–Trinajstić information content (AvgIpc) is 2.88. The minimum atomic E-state index is -0.364. The van der Waals surface area contributed by atoms with Gasteiger partial charge in [-0.15, -0.1) is 0 Å². The Morgan fingerprint density at radius 2 is 1.95 bits per heavy atom. The third-order valence-corrected chi connectivity index (χ3v) is 2.98. The summed E-state index contributed by atoms with van der Waals surface area (Å²) in [6.45, 7) is 2.19. The Hall–Kier alpha value is -2.23. The lowest BCUT2D eigenvalue weighted by molar-refractivity contribution is 0.174. The van der Waals surface area contributed by atoms with Gasteiger partial charge in [-0.05, 0) is 36.2 Å². The van der Waals surface area contributed by atoms with Gasteiger partial charge in [0.15, 0.2) is 23.1 Å². The molecule has 0 aliphatic carbocycles. The van der Waals surface area contributed by atoms with Crippen LogP contribution in [-0.4, -0.2) is 6.79 Å². The summed E-state index contributed by atoms with van der Waals surface area (Å²) in [5.74, 6) is 1.65. The maximum Gasteiger partial charge on any atom is 0.231 e.